The first-order valence-electron chi connectivity index (χ1n) is 9.50. The molecule has 9 nitrogen and oxygen atoms in total. The molecule has 2 aromatic heterocycles. The van der Waals surface area contributed by atoms with E-state index in [0.717, 1.165) is 42.6 Å². The molecule has 0 saturated carbocycles. The van der Waals surface area contributed by atoms with Gasteiger partial charge in [0.25, 0.3) is 0 Å². The number of nitrogens with zero attached hydrogens (tertiary/aromatic N) is 2. The van der Waals surface area contributed by atoms with E-state index in [0.29, 0.717) is 12.8 Å². The third-order valence-corrected chi connectivity index (χ3v) is 6.80. The summed E-state index contributed by atoms with van der Waals surface area (Å²) in [5.41, 5.74) is 1.68. The minimum Gasteiger partial charge on any atom is -0.465 e. The molecule has 0 unspecified atom stereocenters. The van der Waals surface area contributed by atoms with Crippen LogP contribution in [0.5, 0.6) is 0 Å². The van der Waals surface area contributed by atoms with Crippen molar-refractivity contribution in [1.29, 1.82) is 0 Å². The van der Waals surface area contributed by atoms with Gasteiger partial charge in [0, 0.05) is 36.3 Å². The van der Waals surface area contributed by atoms with E-state index in [1.165, 1.54) is 17.4 Å². The summed E-state index contributed by atoms with van der Waals surface area (Å²) < 4.78 is 37.2. The number of aromatic nitrogens is 2. The number of thiazole rings is 1. The highest BCUT2D eigenvalue weighted by atomic mass is 32.2. The maximum atomic E-state index is 12.7. The number of methoxy groups -OCH3 is 2. The van der Waals surface area contributed by atoms with Crippen LogP contribution in [0.1, 0.15) is 32.1 Å². The number of rotatable bonds is 9. The number of carbonyl (C=O) groups excluding carboxylic acids is 2. The quantitative estimate of drug-likeness (QED) is 0.370. The Kier molecular flexibility index (Phi) is 7.67. The second-order valence-electron chi connectivity index (χ2n) is 6.59. The first-order valence-corrected chi connectivity index (χ1v) is 11.9. The third kappa shape index (κ3) is 5.75. The van der Waals surface area contributed by atoms with Crippen LogP contribution in [0.15, 0.2) is 53.0 Å². The summed E-state index contributed by atoms with van der Waals surface area (Å²) >= 11 is 1.50. The molecule has 3 aromatic rings. The van der Waals surface area contributed by atoms with Crippen LogP contribution in [0.2, 0.25) is 0 Å². The van der Waals surface area contributed by atoms with Crippen molar-refractivity contribution in [1.82, 2.24) is 14.7 Å². The molecular formula is C21H21N3O6S2. The third-order valence-electron chi connectivity index (χ3n) is 4.45. The van der Waals surface area contributed by atoms with Crippen LogP contribution in [-0.2, 0) is 25.9 Å². The maximum absolute atomic E-state index is 12.7. The van der Waals surface area contributed by atoms with Crippen LogP contribution < -0.4 is 4.72 Å². The normalized spacial score (nSPS) is 11.2. The lowest BCUT2D eigenvalue weighted by Gasteiger charge is -2.10. The molecule has 0 aliphatic rings. The van der Waals surface area contributed by atoms with Gasteiger partial charge in [0.1, 0.15) is 0 Å². The van der Waals surface area contributed by atoms with Gasteiger partial charge >= 0.3 is 11.9 Å². The van der Waals surface area contributed by atoms with E-state index in [9.17, 15) is 18.0 Å². The maximum Gasteiger partial charge on any atom is 0.337 e. The summed E-state index contributed by atoms with van der Waals surface area (Å²) in [6.45, 7) is 0.155. The second-order valence-corrected chi connectivity index (χ2v) is 9.30. The molecule has 0 fully saturated rings. The van der Waals surface area contributed by atoms with Gasteiger partial charge in [-0.1, -0.05) is 0 Å². The molecule has 0 spiro atoms. The topological polar surface area (TPSA) is 125 Å². The first kappa shape index (κ1) is 23.5. The Morgan fingerprint density at radius 2 is 1.66 bits per heavy atom. The minimum atomic E-state index is -3.97. The molecule has 0 amide bonds. The van der Waals surface area contributed by atoms with Gasteiger partial charge in [0.2, 0.25) is 10.0 Å². The molecule has 2 heterocycles. The lowest BCUT2D eigenvalue weighted by molar-refractivity contribution is 0.0598. The Morgan fingerprint density at radius 3 is 2.25 bits per heavy atom. The predicted molar refractivity (Wildman–Crippen MR) is 118 cm³/mol. The summed E-state index contributed by atoms with van der Waals surface area (Å²) in [6.07, 6.45) is 4.50. The average Bonchev–Trinajstić information content (AvgIpc) is 3.30. The van der Waals surface area contributed by atoms with E-state index in [1.54, 1.807) is 12.4 Å². The number of ether oxygens (including phenoxy) is 2. The number of aryl methyl sites for hydroxylation is 1. The number of pyridine rings is 1. The minimum absolute atomic E-state index is 0.0674. The van der Waals surface area contributed by atoms with Crippen LogP contribution in [0, 0.1) is 0 Å². The number of hydrogen-bond donors (Lipinski definition) is 1. The van der Waals surface area contributed by atoms with Gasteiger partial charge in [0.05, 0.1) is 40.9 Å². The largest absolute Gasteiger partial charge is 0.465 e. The zero-order chi connectivity index (χ0) is 23.1. The Hall–Kier alpha value is -3.15. The van der Waals surface area contributed by atoms with Crippen molar-refractivity contribution < 1.29 is 27.5 Å². The number of sulfonamides is 1. The molecule has 3 rings (SSSR count). The molecule has 0 saturated heterocycles. The summed E-state index contributed by atoms with van der Waals surface area (Å²) in [5.74, 6) is -1.53. The zero-order valence-corrected chi connectivity index (χ0v) is 19.0. The standard InChI is InChI=1S/C21H21N3O6S2/c1-29-20(25)15-10-16(21(26)30-2)12-17(11-15)32(27,28)23-7-3-4-19-24-18(13-31-19)14-5-8-22-9-6-14/h5-6,8-13,23H,3-4,7H2,1-2H3. The van der Waals surface area contributed by atoms with Gasteiger partial charge in [-0.15, -0.1) is 11.3 Å². The highest BCUT2D eigenvalue weighted by Gasteiger charge is 2.21. The lowest BCUT2D eigenvalue weighted by atomic mass is 10.1. The fourth-order valence-electron chi connectivity index (χ4n) is 2.84. The van der Waals surface area contributed by atoms with Gasteiger partial charge in [-0.25, -0.2) is 27.7 Å². The highest BCUT2D eigenvalue weighted by Crippen LogP contribution is 2.22. The molecule has 32 heavy (non-hydrogen) atoms. The number of nitrogens with one attached hydrogen (secondary N) is 1. The Balaban J connectivity index is 1.66. The Morgan fingerprint density at radius 1 is 1.03 bits per heavy atom. The van der Waals surface area contributed by atoms with Crippen LogP contribution >= 0.6 is 11.3 Å². The smallest absolute Gasteiger partial charge is 0.337 e. The summed E-state index contributed by atoms with van der Waals surface area (Å²) in [4.78, 5) is 32.1. The molecule has 0 radical (unpaired) electrons. The van der Waals surface area contributed by atoms with E-state index < -0.39 is 22.0 Å². The van der Waals surface area contributed by atoms with Crippen LogP contribution in [-0.4, -0.2) is 51.1 Å². The van der Waals surface area contributed by atoms with Crippen molar-refractivity contribution in [2.75, 3.05) is 20.8 Å². The van der Waals surface area contributed by atoms with E-state index >= 15 is 0 Å². The molecule has 11 heteroatoms. The molecule has 168 valence electrons. The molecule has 0 atom stereocenters. The molecule has 1 N–H and O–H groups in total. The molecule has 0 aliphatic heterocycles. The number of benzene rings is 1. The fraction of sp³-hybridized carbons (Fsp3) is 0.238. The van der Waals surface area contributed by atoms with Gasteiger partial charge < -0.3 is 9.47 Å². The lowest BCUT2D eigenvalue weighted by Crippen LogP contribution is -2.26. The van der Waals surface area contributed by atoms with E-state index in [1.807, 2.05) is 17.5 Å². The van der Waals surface area contributed by atoms with Crippen molar-refractivity contribution in [3.8, 4) is 11.3 Å². The van der Waals surface area contributed by atoms with Crippen LogP contribution in [0.4, 0.5) is 0 Å². The molecule has 0 aliphatic carbocycles. The van der Waals surface area contributed by atoms with E-state index in [2.05, 4.69) is 24.2 Å². The number of esters is 2. The summed E-state index contributed by atoms with van der Waals surface area (Å²) in [6, 6.07) is 7.28. The SMILES string of the molecule is COC(=O)c1cc(C(=O)OC)cc(S(=O)(=O)NCCCc2nc(-c3ccncc3)cs2)c1. The van der Waals surface area contributed by atoms with Crippen molar-refractivity contribution >= 4 is 33.3 Å². The van der Waals surface area contributed by atoms with Crippen molar-refractivity contribution in [2.45, 2.75) is 17.7 Å². The first-order chi connectivity index (χ1) is 15.3. The molecule has 1 aromatic carbocycles. The molecule has 0 bridgehead atoms. The van der Waals surface area contributed by atoms with Crippen LogP contribution in [0.25, 0.3) is 11.3 Å². The summed E-state index contributed by atoms with van der Waals surface area (Å²) in [7, 11) is -1.64. The monoisotopic (exact) mass is 475 g/mol. The Bertz CT molecular complexity index is 1180. The summed E-state index contributed by atoms with van der Waals surface area (Å²) in [5, 5.41) is 2.83. The van der Waals surface area contributed by atoms with Crippen LogP contribution in [0.3, 0.4) is 0 Å². The average molecular weight is 476 g/mol. The highest BCUT2D eigenvalue weighted by molar-refractivity contribution is 7.89. The fourth-order valence-corrected chi connectivity index (χ4v) is 4.83. The van der Waals surface area contributed by atoms with E-state index in [4.69, 9.17) is 0 Å². The van der Waals surface area contributed by atoms with Gasteiger partial charge in [0.15, 0.2) is 0 Å². The van der Waals surface area contributed by atoms with Gasteiger partial charge in [-0.05, 0) is 36.8 Å². The number of carbonyl (C=O) groups is 2. The van der Waals surface area contributed by atoms with E-state index in [-0.39, 0.29) is 22.6 Å². The zero-order valence-electron chi connectivity index (χ0n) is 17.4. The van der Waals surface area contributed by atoms with Crippen molar-refractivity contribution in [2.24, 2.45) is 0 Å². The van der Waals surface area contributed by atoms with Gasteiger partial charge in [-0.3, -0.25) is 4.98 Å². The Labute approximate surface area is 189 Å². The van der Waals surface area contributed by atoms with Gasteiger partial charge in [-0.2, -0.15) is 0 Å². The predicted octanol–water partition coefficient (Wildman–Crippen LogP) is 2.69. The van der Waals surface area contributed by atoms with Crippen molar-refractivity contribution in [3.05, 3.63) is 64.2 Å². The molecular weight excluding hydrogens is 454 g/mol. The number of hydrogen-bond acceptors (Lipinski definition) is 9. The van der Waals surface area contributed by atoms with Crippen molar-refractivity contribution in [3.63, 3.8) is 0 Å². The second kappa shape index (κ2) is 10.4.